The fourth-order valence-corrected chi connectivity index (χ4v) is 2.78. The highest BCUT2D eigenvalue weighted by atomic mass is 16.1. The number of nitrogens with zero attached hydrogens (tertiary/aromatic N) is 2. The van der Waals surface area contributed by atoms with Crippen molar-refractivity contribution in [1.29, 1.82) is 0 Å². The van der Waals surface area contributed by atoms with Crippen LogP contribution in [-0.4, -0.2) is 42.6 Å². The number of rotatable bonds is 6. The van der Waals surface area contributed by atoms with Gasteiger partial charge in [-0.15, -0.1) is 0 Å². The first-order chi connectivity index (χ1) is 10.2. The normalized spacial score (nSPS) is 17.5. The average molecular weight is 290 g/mol. The van der Waals surface area contributed by atoms with Gasteiger partial charge < -0.3 is 15.5 Å². The molecular formula is C16H26N4O. The molecule has 0 aliphatic carbocycles. The van der Waals surface area contributed by atoms with Gasteiger partial charge in [0.15, 0.2) is 0 Å². The molecule has 2 rings (SSSR count). The second-order valence-corrected chi connectivity index (χ2v) is 5.68. The Kier molecular flexibility index (Phi) is 5.99. The summed E-state index contributed by atoms with van der Waals surface area (Å²) in [5.41, 5.74) is 0. The van der Waals surface area contributed by atoms with Crippen LogP contribution in [-0.2, 0) is 4.79 Å². The molecule has 0 saturated carbocycles. The SMILES string of the molecule is CCNC(C)CC(=O)NC1CCN(c2ccccn2)CC1. The van der Waals surface area contributed by atoms with Gasteiger partial charge in [-0.1, -0.05) is 13.0 Å². The molecule has 5 heteroatoms. The second-order valence-electron chi connectivity index (χ2n) is 5.68. The molecule has 1 fully saturated rings. The van der Waals surface area contributed by atoms with Crippen molar-refractivity contribution < 1.29 is 4.79 Å². The maximum Gasteiger partial charge on any atom is 0.221 e. The molecule has 116 valence electrons. The number of piperidine rings is 1. The number of amides is 1. The first-order valence-corrected chi connectivity index (χ1v) is 7.87. The summed E-state index contributed by atoms with van der Waals surface area (Å²) in [7, 11) is 0. The first kappa shape index (κ1) is 15.8. The van der Waals surface area contributed by atoms with E-state index in [9.17, 15) is 4.79 Å². The van der Waals surface area contributed by atoms with Crippen LogP contribution in [0.15, 0.2) is 24.4 Å². The summed E-state index contributed by atoms with van der Waals surface area (Å²) in [6, 6.07) is 6.52. The van der Waals surface area contributed by atoms with Crippen molar-refractivity contribution in [2.45, 2.75) is 45.2 Å². The predicted molar refractivity (Wildman–Crippen MR) is 85.4 cm³/mol. The summed E-state index contributed by atoms with van der Waals surface area (Å²) in [4.78, 5) is 18.6. The second kappa shape index (κ2) is 7.98. The lowest BCUT2D eigenvalue weighted by atomic mass is 10.0. The number of carbonyl (C=O) groups is 1. The molecule has 1 amide bonds. The topological polar surface area (TPSA) is 57.3 Å². The molecule has 1 unspecified atom stereocenters. The minimum absolute atomic E-state index is 0.153. The van der Waals surface area contributed by atoms with Gasteiger partial charge in [-0.3, -0.25) is 4.79 Å². The van der Waals surface area contributed by atoms with E-state index in [0.29, 0.717) is 12.5 Å². The monoisotopic (exact) mass is 290 g/mol. The van der Waals surface area contributed by atoms with Crippen LogP contribution < -0.4 is 15.5 Å². The van der Waals surface area contributed by atoms with Crippen LogP contribution >= 0.6 is 0 Å². The van der Waals surface area contributed by atoms with Crippen molar-refractivity contribution in [3.05, 3.63) is 24.4 Å². The number of nitrogens with one attached hydrogen (secondary N) is 2. The highest BCUT2D eigenvalue weighted by Gasteiger charge is 2.21. The molecule has 5 nitrogen and oxygen atoms in total. The van der Waals surface area contributed by atoms with E-state index in [1.165, 1.54) is 0 Å². The fourth-order valence-electron chi connectivity index (χ4n) is 2.78. The zero-order valence-corrected chi connectivity index (χ0v) is 13.0. The Bertz CT molecular complexity index is 429. The largest absolute Gasteiger partial charge is 0.356 e. The molecular weight excluding hydrogens is 264 g/mol. The van der Waals surface area contributed by atoms with Crippen molar-refractivity contribution in [2.75, 3.05) is 24.5 Å². The van der Waals surface area contributed by atoms with E-state index in [1.807, 2.05) is 31.3 Å². The standard InChI is InChI=1S/C16H26N4O/c1-3-17-13(2)12-16(21)19-14-7-10-20(11-8-14)15-6-4-5-9-18-15/h4-6,9,13-14,17H,3,7-8,10-12H2,1-2H3,(H,19,21). The molecule has 21 heavy (non-hydrogen) atoms. The fraction of sp³-hybridized carbons (Fsp3) is 0.625. The van der Waals surface area contributed by atoms with E-state index >= 15 is 0 Å². The van der Waals surface area contributed by atoms with Crippen LogP contribution in [0.5, 0.6) is 0 Å². The Morgan fingerprint density at radius 1 is 1.43 bits per heavy atom. The Balaban J connectivity index is 1.73. The van der Waals surface area contributed by atoms with E-state index in [-0.39, 0.29) is 11.9 Å². The molecule has 1 aromatic rings. The van der Waals surface area contributed by atoms with Crippen LogP contribution in [0.2, 0.25) is 0 Å². The summed E-state index contributed by atoms with van der Waals surface area (Å²) in [5, 5.41) is 6.42. The summed E-state index contributed by atoms with van der Waals surface area (Å²) < 4.78 is 0. The third-order valence-corrected chi connectivity index (χ3v) is 3.88. The lowest BCUT2D eigenvalue weighted by molar-refractivity contribution is -0.122. The van der Waals surface area contributed by atoms with Crippen LogP contribution in [0.1, 0.15) is 33.1 Å². The molecule has 1 atom stereocenters. The highest BCUT2D eigenvalue weighted by molar-refractivity contribution is 5.76. The smallest absolute Gasteiger partial charge is 0.221 e. The molecule has 0 bridgehead atoms. The molecule has 2 heterocycles. The summed E-state index contributed by atoms with van der Waals surface area (Å²) >= 11 is 0. The van der Waals surface area contributed by atoms with Gasteiger partial charge in [-0.05, 0) is 38.4 Å². The zero-order chi connectivity index (χ0) is 15.1. The molecule has 0 radical (unpaired) electrons. The zero-order valence-electron chi connectivity index (χ0n) is 13.0. The molecule has 1 aliphatic rings. The Hall–Kier alpha value is -1.62. The summed E-state index contributed by atoms with van der Waals surface area (Å²) in [6.07, 6.45) is 4.34. The Labute approximate surface area is 127 Å². The lowest BCUT2D eigenvalue weighted by Crippen LogP contribution is -2.46. The molecule has 2 N–H and O–H groups in total. The number of aromatic nitrogens is 1. The number of pyridine rings is 1. The van der Waals surface area contributed by atoms with Gasteiger partial charge >= 0.3 is 0 Å². The van der Waals surface area contributed by atoms with Crippen LogP contribution in [0.3, 0.4) is 0 Å². The maximum absolute atomic E-state index is 12.0. The summed E-state index contributed by atoms with van der Waals surface area (Å²) in [5.74, 6) is 1.18. The van der Waals surface area contributed by atoms with Gasteiger partial charge in [0, 0.05) is 37.8 Å². The van der Waals surface area contributed by atoms with Crippen LogP contribution in [0.4, 0.5) is 5.82 Å². The number of carbonyl (C=O) groups excluding carboxylic acids is 1. The maximum atomic E-state index is 12.0. The van der Waals surface area contributed by atoms with Gasteiger partial charge in [0.2, 0.25) is 5.91 Å². The minimum Gasteiger partial charge on any atom is -0.356 e. The molecule has 0 spiro atoms. The van der Waals surface area contributed by atoms with E-state index in [2.05, 4.69) is 27.4 Å². The van der Waals surface area contributed by atoms with Crippen molar-refractivity contribution in [3.63, 3.8) is 0 Å². The summed E-state index contributed by atoms with van der Waals surface area (Å²) in [6.45, 7) is 6.90. The van der Waals surface area contributed by atoms with Crippen molar-refractivity contribution in [2.24, 2.45) is 0 Å². The van der Waals surface area contributed by atoms with E-state index in [0.717, 1.165) is 38.3 Å². The highest BCUT2D eigenvalue weighted by Crippen LogP contribution is 2.17. The molecule has 1 aliphatic heterocycles. The number of hydrogen-bond donors (Lipinski definition) is 2. The average Bonchev–Trinajstić information content (AvgIpc) is 2.49. The molecule has 1 saturated heterocycles. The third kappa shape index (κ3) is 5.01. The van der Waals surface area contributed by atoms with Crippen LogP contribution in [0.25, 0.3) is 0 Å². The van der Waals surface area contributed by atoms with Gasteiger partial charge in [0.1, 0.15) is 5.82 Å². The van der Waals surface area contributed by atoms with E-state index in [1.54, 1.807) is 0 Å². The van der Waals surface area contributed by atoms with Crippen molar-refractivity contribution in [3.8, 4) is 0 Å². The third-order valence-electron chi connectivity index (χ3n) is 3.88. The minimum atomic E-state index is 0.153. The van der Waals surface area contributed by atoms with Crippen LogP contribution in [0, 0.1) is 0 Å². The van der Waals surface area contributed by atoms with Crippen molar-refractivity contribution >= 4 is 11.7 Å². The van der Waals surface area contributed by atoms with E-state index < -0.39 is 0 Å². The number of hydrogen-bond acceptors (Lipinski definition) is 4. The van der Waals surface area contributed by atoms with Gasteiger partial charge in [-0.2, -0.15) is 0 Å². The Morgan fingerprint density at radius 3 is 2.81 bits per heavy atom. The van der Waals surface area contributed by atoms with Gasteiger partial charge in [-0.25, -0.2) is 4.98 Å². The van der Waals surface area contributed by atoms with Gasteiger partial charge in [0.25, 0.3) is 0 Å². The first-order valence-electron chi connectivity index (χ1n) is 7.87. The Morgan fingerprint density at radius 2 is 2.19 bits per heavy atom. The lowest BCUT2D eigenvalue weighted by Gasteiger charge is -2.33. The molecule has 0 aromatic carbocycles. The number of anilines is 1. The van der Waals surface area contributed by atoms with Gasteiger partial charge in [0.05, 0.1) is 0 Å². The predicted octanol–water partition coefficient (Wildman–Crippen LogP) is 1.55. The molecule has 1 aromatic heterocycles. The van der Waals surface area contributed by atoms with Crippen molar-refractivity contribution in [1.82, 2.24) is 15.6 Å². The van der Waals surface area contributed by atoms with E-state index in [4.69, 9.17) is 0 Å². The quantitative estimate of drug-likeness (QED) is 0.835.